The van der Waals surface area contributed by atoms with Crippen molar-refractivity contribution in [3.63, 3.8) is 0 Å². The molecule has 2 atom stereocenters. The number of carbonyl (C=O) groups excluding carboxylic acids is 1. The van der Waals surface area contributed by atoms with Crippen LogP contribution in [0.3, 0.4) is 0 Å². The van der Waals surface area contributed by atoms with E-state index in [2.05, 4.69) is 20.3 Å². The summed E-state index contributed by atoms with van der Waals surface area (Å²) in [5.74, 6) is 0. The van der Waals surface area contributed by atoms with Crippen LogP contribution in [0, 0.1) is 6.92 Å². The molecule has 8 heteroatoms. The van der Waals surface area contributed by atoms with E-state index in [-0.39, 0.29) is 18.2 Å². The Morgan fingerprint density at radius 1 is 1.43 bits per heavy atom. The normalized spacial score (nSPS) is 26.0. The Labute approximate surface area is 122 Å². The molecule has 0 aliphatic carbocycles. The number of aromatic nitrogens is 2. The minimum absolute atomic E-state index is 0.0159. The molecule has 3 rings (SSSR count). The van der Waals surface area contributed by atoms with Gasteiger partial charge in [0.15, 0.2) is 0 Å². The van der Waals surface area contributed by atoms with Gasteiger partial charge in [-0.05, 0) is 19.8 Å². The molecule has 2 aliphatic heterocycles. The maximum absolute atomic E-state index is 12.4. The molecule has 21 heavy (non-hydrogen) atoms. The van der Waals surface area contributed by atoms with Gasteiger partial charge in [0, 0.05) is 13.2 Å². The molecule has 0 bridgehead atoms. The van der Waals surface area contributed by atoms with Gasteiger partial charge in [-0.2, -0.15) is 0 Å². The zero-order valence-electron chi connectivity index (χ0n) is 12.1. The standard InChI is InChI=1S/C13H20N4O4/c1-9-10(16-21-15-9)7-14-13(18)17-4-6-19-8-11(17)12-3-2-5-20-12/h11-12H,2-8H2,1H3,(H,14,18). The molecule has 2 amide bonds. The summed E-state index contributed by atoms with van der Waals surface area (Å²) in [6.45, 7) is 4.53. The summed E-state index contributed by atoms with van der Waals surface area (Å²) in [6, 6.07) is -0.140. The van der Waals surface area contributed by atoms with Crippen molar-refractivity contribution in [3.05, 3.63) is 11.4 Å². The summed E-state index contributed by atoms with van der Waals surface area (Å²) in [7, 11) is 0. The zero-order valence-corrected chi connectivity index (χ0v) is 12.1. The van der Waals surface area contributed by atoms with E-state index in [0.29, 0.717) is 37.7 Å². The second-order valence-corrected chi connectivity index (χ2v) is 5.34. The third kappa shape index (κ3) is 3.16. The van der Waals surface area contributed by atoms with Crippen LogP contribution in [0.25, 0.3) is 0 Å². The number of aryl methyl sites for hydroxylation is 1. The van der Waals surface area contributed by atoms with Crippen molar-refractivity contribution in [3.8, 4) is 0 Å². The van der Waals surface area contributed by atoms with Crippen molar-refractivity contribution < 1.29 is 18.9 Å². The van der Waals surface area contributed by atoms with Gasteiger partial charge in [0.05, 0.1) is 31.9 Å². The number of urea groups is 1. The van der Waals surface area contributed by atoms with Crippen LogP contribution >= 0.6 is 0 Å². The fraction of sp³-hybridized carbons (Fsp3) is 0.769. The fourth-order valence-electron chi connectivity index (χ4n) is 2.76. The Bertz CT molecular complexity index is 486. The SMILES string of the molecule is Cc1nonc1CNC(=O)N1CCOCC1C1CCCO1. The van der Waals surface area contributed by atoms with Crippen LogP contribution in [0.1, 0.15) is 24.2 Å². The van der Waals surface area contributed by atoms with Gasteiger partial charge in [0.25, 0.3) is 0 Å². The van der Waals surface area contributed by atoms with Crippen molar-refractivity contribution in [1.29, 1.82) is 0 Å². The Hall–Kier alpha value is -1.67. The third-order valence-corrected chi connectivity index (χ3v) is 3.97. The Morgan fingerprint density at radius 2 is 2.33 bits per heavy atom. The molecule has 8 nitrogen and oxygen atoms in total. The molecule has 0 saturated carbocycles. The molecule has 2 fully saturated rings. The topological polar surface area (TPSA) is 89.7 Å². The molecule has 0 radical (unpaired) electrons. The number of rotatable bonds is 3. The predicted molar refractivity (Wildman–Crippen MR) is 71.6 cm³/mol. The summed E-state index contributed by atoms with van der Waals surface area (Å²) in [4.78, 5) is 14.2. The highest BCUT2D eigenvalue weighted by Crippen LogP contribution is 2.22. The van der Waals surface area contributed by atoms with Crippen LogP contribution < -0.4 is 5.32 Å². The van der Waals surface area contributed by atoms with Gasteiger partial charge in [0.1, 0.15) is 11.4 Å². The van der Waals surface area contributed by atoms with E-state index in [4.69, 9.17) is 9.47 Å². The molecule has 1 N–H and O–H groups in total. The molecular formula is C13H20N4O4. The highest BCUT2D eigenvalue weighted by molar-refractivity contribution is 5.74. The van der Waals surface area contributed by atoms with Crippen LogP contribution in [-0.4, -0.2) is 59.8 Å². The van der Waals surface area contributed by atoms with E-state index in [1.807, 2.05) is 4.90 Å². The molecule has 116 valence electrons. The average Bonchev–Trinajstić information content (AvgIpc) is 3.16. The lowest BCUT2D eigenvalue weighted by atomic mass is 10.1. The fourth-order valence-corrected chi connectivity index (χ4v) is 2.76. The molecule has 2 unspecified atom stereocenters. The molecule has 1 aromatic heterocycles. The first kappa shape index (κ1) is 14.3. The molecule has 3 heterocycles. The number of nitrogens with one attached hydrogen (secondary N) is 1. The number of nitrogens with zero attached hydrogens (tertiary/aromatic N) is 3. The summed E-state index contributed by atoms with van der Waals surface area (Å²) in [5, 5.41) is 10.3. The highest BCUT2D eigenvalue weighted by Gasteiger charge is 2.35. The molecular weight excluding hydrogens is 276 g/mol. The number of hydrogen-bond acceptors (Lipinski definition) is 6. The predicted octanol–water partition coefficient (Wildman–Crippen LogP) is 0.467. The highest BCUT2D eigenvalue weighted by atomic mass is 16.6. The minimum Gasteiger partial charge on any atom is -0.377 e. The Balaban J connectivity index is 1.59. The van der Waals surface area contributed by atoms with Crippen LogP contribution in [-0.2, 0) is 16.0 Å². The second kappa shape index (κ2) is 6.40. The maximum Gasteiger partial charge on any atom is 0.318 e. The lowest BCUT2D eigenvalue weighted by molar-refractivity contribution is -0.0473. The summed E-state index contributed by atoms with van der Waals surface area (Å²) >= 11 is 0. The Morgan fingerprint density at radius 3 is 3.05 bits per heavy atom. The van der Waals surface area contributed by atoms with Gasteiger partial charge < -0.3 is 19.7 Å². The van der Waals surface area contributed by atoms with Crippen molar-refractivity contribution >= 4 is 6.03 Å². The van der Waals surface area contributed by atoms with Gasteiger partial charge in [-0.1, -0.05) is 10.3 Å². The lowest BCUT2D eigenvalue weighted by Crippen LogP contribution is -2.56. The first-order valence-electron chi connectivity index (χ1n) is 7.27. The van der Waals surface area contributed by atoms with Gasteiger partial charge in [0.2, 0.25) is 0 Å². The van der Waals surface area contributed by atoms with Crippen LogP contribution in [0.5, 0.6) is 0 Å². The smallest absolute Gasteiger partial charge is 0.318 e. The summed E-state index contributed by atoms with van der Waals surface area (Å²) in [5.41, 5.74) is 1.33. The van der Waals surface area contributed by atoms with Gasteiger partial charge in [-0.15, -0.1) is 0 Å². The van der Waals surface area contributed by atoms with Gasteiger partial charge in [-0.25, -0.2) is 9.42 Å². The number of amides is 2. The van der Waals surface area contributed by atoms with E-state index in [0.717, 1.165) is 19.4 Å². The number of hydrogen-bond donors (Lipinski definition) is 1. The third-order valence-electron chi connectivity index (χ3n) is 3.97. The summed E-state index contributed by atoms with van der Waals surface area (Å²) in [6.07, 6.45) is 2.09. The van der Waals surface area contributed by atoms with E-state index < -0.39 is 0 Å². The van der Waals surface area contributed by atoms with Crippen molar-refractivity contribution in [1.82, 2.24) is 20.5 Å². The minimum atomic E-state index is -0.124. The molecule has 0 aromatic carbocycles. The van der Waals surface area contributed by atoms with Crippen molar-refractivity contribution in [2.24, 2.45) is 0 Å². The molecule has 0 spiro atoms. The monoisotopic (exact) mass is 296 g/mol. The van der Waals surface area contributed by atoms with Gasteiger partial charge >= 0.3 is 6.03 Å². The molecule has 2 aliphatic rings. The molecule has 2 saturated heterocycles. The van der Waals surface area contributed by atoms with E-state index in [1.54, 1.807) is 6.92 Å². The number of morpholine rings is 1. The van der Waals surface area contributed by atoms with Crippen LogP contribution in [0.2, 0.25) is 0 Å². The second-order valence-electron chi connectivity index (χ2n) is 5.34. The van der Waals surface area contributed by atoms with Crippen LogP contribution in [0.4, 0.5) is 4.79 Å². The number of ether oxygens (including phenoxy) is 2. The largest absolute Gasteiger partial charge is 0.377 e. The quantitative estimate of drug-likeness (QED) is 0.872. The van der Waals surface area contributed by atoms with E-state index in [1.165, 1.54) is 0 Å². The maximum atomic E-state index is 12.4. The summed E-state index contributed by atoms with van der Waals surface area (Å²) < 4.78 is 15.8. The zero-order chi connectivity index (χ0) is 14.7. The first-order chi connectivity index (χ1) is 10.3. The molecule has 1 aromatic rings. The van der Waals surface area contributed by atoms with Crippen molar-refractivity contribution in [2.75, 3.05) is 26.4 Å². The van der Waals surface area contributed by atoms with E-state index >= 15 is 0 Å². The Kier molecular flexibility index (Phi) is 4.35. The lowest BCUT2D eigenvalue weighted by Gasteiger charge is -2.38. The van der Waals surface area contributed by atoms with Gasteiger partial charge in [-0.3, -0.25) is 0 Å². The van der Waals surface area contributed by atoms with Crippen LogP contribution in [0.15, 0.2) is 4.63 Å². The van der Waals surface area contributed by atoms with E-state index in [9.17, 15) is 4.79 Å². The first-order valence-corrected chi connectivity index (χ1v) is 7.27. The average molecular weight is 296 g/mol. The number of carbonyl (C=O) groups is 1. The van der Waals surface area contributed by atoms with Crippen molar-refractivity contribution in [2.45, 2.75) is 38.5 Å².